The molecule has 0 saturated heterocycles. The number of allylic oxidation sites excluding steroid dienone is 1. The fraction of sp³-hybridized carbons (Fsp3) is 0. The van der Waals surface area contributed by atoms with E-state index in [-0.39, 0.29) is 0 Å². The zero-order valence-electron chi connectivity index (χ0n) is 6.40. The summed E-state index contributed by atoms with van der Waals surface area (Å²) in [6.45, 7) is 0. The zero-order valence-corrected chi connectivity index (χ0v) is 6.40. The standard InChI is InChI=1S/C9H9NO2/c10-6-8(11)9(12)7-4-2-1-3-5-7/h1-6,11H,10H2. The van der Waals surface area contributed by atoms with E-state index in [9.17, 15) is 4.79 Å². The number of Topliss-reactive ketones (excluding diaryl/α,β-unsaturated/α-hetero) is 1. The van der Waals surface area contributed by atoms with Crippen LogP contribution in [0.2, 0.25) is 0 Å². The van der Waals surface area contributed by atoms with Gasteiger partial charge in [0.2, 0.25) is 5.78 Å². The van der Waals surface area contributed by atoms with Crippen molar-refractivity contribution in [2.75, 3.05) is 0 Å². The summed E-state index contributed by atoms with van der Waals surface area (Å²) in [5.74, 6) is -0.890. The Labute approximate surface area is 70.1 Å². The van der Waals surface area contributed by atoms with Gasteiger partial charge in [0.1, 0.15) is 0 Å². The van der Waals surface area contributed by atoms with Gasteiger partial charge in [-0.25, -0.2) is 0 Å². The summed E-state index contributed by atoms with van der Waals surface area (Å²) in [6, 6.07) is 8.46. The maximum atomic E-state index is 11.2. The Morgan fingerprint density at radius 1 is 1.33 bits per heavy atom. The molecule has 0 spiro atoms. The largest absolute Gasteiger partial charge is 0.503 e. The molecule has 0 aromatic heterocycles. The minimum Gasteiger partial charge on any atom is -0.503 e. The van der Waals surface area contributed by atoms with E-state index in [0.717, 1.165) is 6.20 Å². The van der Waals surface area contributed by atoms with Crippen molar-refractivity contribution < 1.29 is 9.90 Å². The van der Waals surface area contributed by atoms with Crippen molar-refractivity contribution in [3.05, 3.63) is 47.9 Å². The number of carbonyl (C=O) groups excluding carboxylic acids is 1. The molecule has 3 N–H and O–H groups in total. The van der Waals surface area contributed by atoms with Crippen LogP contribution in [-0.2, 0) is 0 Å². The molecular weight excluding hydrogens is 154 g/mol. The SMILES string of the molecule is NC=C(O)C(=O)c1ccccc1. The molecule has 0 fully saturated rings. The van der Waals surface area contributed by atoms with E-state index < -0.39 is 11.5 Å². The molecule has 12 heavy (non-hydrogen) atoms. The molecule has 0 aliphatic heterocycles. The van der Waals surface area contributed by atoms with Crippen molar-refractivity contribution in [2.24, 2.45) is 5.73 Å². The van der Waals surface area contributed by atoms with Gasteiger partial charge in [0, 0.05) is 11.8 Å². The molecule has 3 heteroatoms. The van der Waals surface area contributed by atoms with E-state index in [0.29, 0.717) is 5.56 Å². The zero-order chi connectivity index (χ0) is 8.97. The molecule has 0 heterocycles. The Morgan fingerprint density at radius 3 is 2.42 bits per heavy atom. The topological polar surface area (TPSA) is 63.3 Å². The Bertz CT molecular complexity index is 304. The molecule has 62 valence electrons. The number of rotatable bonds is 2. The van der Waals surface area contributed by atoms with Crippen LogP contribution in [0.15, 0.2) is 42.3 Å². The number of aliphatic hydroxyl groups excluding tert-OH is 1. The molecular formula is C9H9NO2. The van der Waals surface area contributed by atoms with Gasteiger partial charge < -0.3 is 10.8 Å². The molecule has 0 bridgehead atoms. The van der Waals surface area contributed by atoms with Crippen LogP contribution in [0.25, 0.3) is 0 Å². The van der Waals surface area contributed by atoms with Crippen molar-refractivity contribution in [2.45, 2.75) is 0 Å². The Hall–Kier alpha value is -1.77. The Morgan fingerprint density at radius 2 is 1.92 bits per heavy atom. The first-order chi connectivity index (χ1) is 5.75. The number of carbonyl (C=O) groups is 1. The quantitative estimate of drug-likeness (QED) is 0.391. The first kappa shape index (κ1) is 8.33. The summed E-state index contributed by atoms with van der Waals surface area (Å²) < 4.78 is 0. The summed E-state index contributed by atoms with van der Waals surface area (Å²) in [5, 5.41) is 8.97. The van der Waals surface area contributed by atoms with Crippen LogP contribution in [0.3, 0.4) is 0 Å². The van der Waals surface area contributed by atoms with Crippen LogP contribution in [-0.4, -0.2) is 10.9 Å². The molecule has 0 aliphatic rings. The van der Waals surface area contributed by atoms with Gasteiger partial charge in [-0.2, -0.15) is 0 Å². The van der Waals surface area contributed by atoms with Gasteiger partial charge in [-0.05, 0) is 0 Å². The Balaban J connectivity index is 2.94. The van der Waals surface area contributed by atoms with Crippen molar-refractivity contribution >= 4 is 5.78 Å². The molecule has 0 atom stereocenters. The van der Waals surface area contributed by atoms with Crippen LogP contribution in [0.4, 0.5) is 0 Å². The van der Waals surface area contributed by atoms with Gasteiger partial charge in [0.15, 0.2) is 5.76 Å². The predicted octanol–water partition coefficient (Wildman–Crippen LogP) is 1.23. The average molecular weight is 163 g/mol. The minimum absolute atomic E-state index is 0.428. The predicted molar refractivity (Wildman–Crippen MR) is 45.7 cm³/mol. The van der Waals surface area contributed by atoms with E-state index in [4.69, 9.17) is 10.8 Å². The summed E-state index contributed by atoms with van der Waals surface area (Å²) >= 11 is 0. The second kappa shape index (κ2) is 3.57. The van der Waals surface area contributed by atoms with E-state index in [1.165, 1.54) is 0 Å². The fourth-order valence-electron chi connectivity index (χ4n) is 0.813. The maximum absolute atomic E-state index is 11.2. The highest BCUT2D eigenvalue weighted by Gasteiger charge is 2.08. The third-order valence-electron chi connectivity index (χ3n) is 1.43. The molecule has 0 amide bonds. The van der Waals surface area contributed by atoms with Crippen molar-refractivity contribution in [3.63, 3.8) is 0 Å². The normalized spacial score (nSPS) is 11.2. The summed E-state index contributed by atoms with van der Waals surface area (Å²) in [5.41, 5.74) is 5.40. The number of nitrogens with two attached hydrogens (primary N) is 1. The molecule has 0 saturated carbocycles. The highest BCUT2D eigenvalue weighted by Crippen LogP contribution is 2.04. The monoisotopic (exact) mass is 163 g/mol. The maximum Gasteiger partial charge on any atom is 0.228 e. The molecule has 0 radical (unpaired) electrons. The van der Waals surface area contributed by atoms with E-state index in [2.05, 4.69) is 0 Å². The highest BCUT2D eigenvalue weighted by atomic mass is 16.3. The summed E-state index contributed by atoms with van der Waals surface area (Å²) in [6.07, 6.45) is 0.884. The van der Waals surface area contributed by atoms with E-state index >= 15 is 0 Å². The number of hydrogen-bond donors (Lipinski definition) is 2. The number of aliphatic hydroxyl groups is 1. The van der Waals surface area contributed by atoms with Gasteiger partial charge in [-0.3, -0.25) is 4.79 Å². The van der Waals surface area contributed by atoms with Crippen LogP contribution in [0, 0.1) is 0 Å². The van der Waals surface area contributed by atoms with Crippen LogP contribution >= 0.6 is 0 Å². The minimum atomic E-state index is -0.460. The molecule has 1 rings (SSSR count). The number of hydrogen-bond acceptors (Lipinski definition) is 3. The molecule has 0 unspecified atom stereocenters. The van der Waals surface area contributed by atoms with Crippen LogP contribution in [0.5, 0.6) is 0 Å². The average Bonchev–Trinajstić information content (AvgIpc) is 2.17. The molecule has 3 nitrogen and oxygen atoms in total. The van der Waals surface area contributed by atoms with Crippen LogP contribution in [0.1, 0.15) is 10.4 Å². The fourth-order valence-corrected chi connectivity index (χ4v) is 0.813. The van der Waals surface area contributed by atoms with Gasteiger partial charge in [-0.1, -0.05) is 30.3 Å². The van der Waals surface area contributed by atoms with Gasteiger partial charge in [0.25, 0.3) is 0 Å². The third-order valence-corrected chi connectivity index (χ3v) is 1.43. The van der Waals surface area contributed by atoms with E-state index in [1.54, 1.807) is 30.3 Å². The second-order valence-corrected chi connectivity index (χ2v) is 2.25. The van der Waals surface area contributed by atoms with Crippen molar-refractivity contribution in [1.29, 1.82) is 0 Å². The number of benzene rings is 1. The lowest BCUT2D eigenvalue weighted by Gasteiger charge is -1.97. The van der Waals surface area contributed by atoms with Crippen molar-refractivity contribution in [3.8, 4) is 0 Å². The second-order valence-electron chi connectivity index (χ2n) is 2.25. The molecule has 0 aliphatic carbocycles. The summed E-state index contributed by atoms with van der Waals surface area (Å²) in [7, 11) is 0. The van der Waals surface area contributed by atoms with E-state index in [1.807, 2.05) is 0 Å². The lowest BCUT2D eigenvalue weighted by Crippen LogP contribution is -2.04. The lowest BCUT2D eigenvalue weighted by atomic mass is 10.1. The van der Waals surface area contributed by atoms with Gasteiger partial charge in [0.05, 0.1) is 0 Å². The van der Waals surface area contributed by atoms with Gasteiger partial charge in [-0.15, -0.1) is 0 Å². The van der Waals surface area contributed by atoms with Gasteiger partial charge >= 0.3 is 0 Å². The molecule has 1 aromatic carbocycles. The Kier molecular flexibility index (Phi) is 2.48. The van der Waals surface area contributed by atoms with Crippen LogP contribution < -0.4 is 5.73 Å². The first-order valence-electron chi connectivity index (χ1n) is 3.46. The number of ketones is 1. The lowest BCUT2D eigenvalue weighted by molar-refractivity contribution is 0.0977. The summed E-state index contributed by atoms with van der Waals surface area (Å²) in [4.78, 5) is 11.2. The highest BCUT2D eigenvalue weighted by molar-refractivity contribution is 6.06. The molecule has 1 aromatic rings. The van der Waals surface area contributed by atoms with Crippen molar-refractivity contribution in [1.82, 2.24) is 0 Å². The smallest absolute Gasteiger partial charge is 0.228 e. The third kappa shape index (κ3) is 1.63. The first-order valence-corrected chi connectivity index (χ1v) is 3.46.